The Morgan fingerprint density at radius 2 is 1.73 bits per heavy atom. The van der Waals surface area contributed by atoms with E-state index in [9.17, 15) is 17.6 Å². The third-order valence-electron chi connectivity index (χ3n) is 5.88. The topological polar surface area (TPSA) is 89.4 Å². The van der Waals surface area contributed by atoms with Gasteiger partial charge in [-0.15, -0.1) is 0 Å². The van der Waals surface area contributed by atoms with E-state index in [1.54, 1.807) is 13.0 Å². The van der Waals surface area contributed by atoms with Crippen LogP contribution in [-0.4, -0.2) is 25.3 Å². The number of benzene rings is 2. The maximum Gasteiger partial charge on any atom is 0.255 e. The summed E-state index contributed by atoms with van der Waals surface area (Å²) in [4.78, 5) is 12.4. The number of aryl methyl sites for hydroxylation is 2. The van der Waals surface area contributed by atoms with Crippen molar-refractivity contribution in [2.45, 2.75) is 31.4 Å². The van der Waals surface area contributed by atoms with E-state index in [0.29, 0.717) is 6.42 Å². The summed E-state index contributed by atoms with van der Waals surface area (Å²) in [6.45, 7) is 3.73. The molecule has 2 N–H and O–H groups in total. The summed E-state index contributed by atoms with van der Waals surface area (Å²) in [5.41, 5.74) is 2.51. The number of hydrogen-bond donors (Lipinski definition) is 2. The van der Waals surface area contributed by atoms with Gasteiger partial charge in [0.15, 0.2) is 5.75 Å². The minimum absolute atomic E-state index is 0.0456. The van der Waals surface area contributed by atoms with E-state index in [-0.39, 0.29) is 28.9 Å². The minimum atomic E-state index is -3.82. The monoisotopic (exact) mass is 471 g/mol. The average molecular weight is 472 g/mol. The summed E-state index contributed by atoms with van der Waals surface area (Å²) < 4.78 is 50.1. The molecular weight excluding hydrogens is 445 g/mol. The Labute approximate surface area is 192 Å². The molecule has 33 heavy (non-hydrogen) atoms. The molecule has 2 aromatic carbocycles. The predicted molar refractivity (Wildman–Crippen MR) is 128 cm³/mol. The van der Waals surface area contributed by atoms with Crippen LogP contribution in [0.4, 0.5) is 21.6 Å². The molecule has 1 aliphatic carbocycles. The molecule has 2 unspecified atom stereocenters. The highest BCUT2D eigenvalue weighted by Crippen LogP contribution is 2.47. The van der Waals surface area contributed by atoms with E-state index in [0.717, 1.165) is 16.7 Å². The smallest absolute Gasteiger partial charge is 0.255 e. The lowest BCUT2D eigenvalue weighted by atomic mass is 10.1. The van der Waals surface area contributed by atoms with Crippen LogP contribution in [0.15, 0.2) is 53.3 Å². The van der Waals surface area contributed by atoms with Gasteiger partial charge in [0.05, 0.1) is 18.0 Å². The van der Waals surface area contributed by atoms with E-state index in [4.69, 9.17) is 4.74 Å². The summed E-state index contributed by atoms with van der Waals surface area (Å²) in [6.07, 6.45) is 0.488. The Bertz CT molecular complexity index is 1370. The van der Waals surface area contributed by atoms with Crippen LogP contribution in [0, 0.1) is 19.7 Å². The number of rotatable bonds is 7. The standard InChI is InChI=1S/C24H26FN3O4S/c1-14-5-8-16(9-6-14)17-12-21(17)33(30,31)27-23-20(32-4)13-22(29)28(3)24(23)26-19-10-7-15(2)11-18(19)25/h5-11,13,17,21,26-27H,12H2,1-4H3. The summed E-state index contributed by atoms with van der Waals surface area (Å²) in [5.74, 6) is -0.518. The fourth-order valence-electron chi connectivity index (χ4n) is 3.83. The van der Waals surface area contributed by atoms with Gasteiger partial charge < -0.3 is 10.1 Å². The SMILES string of the molecule is COc1cc(=O)n(C)c(Nc2ccc(C)cc2F)c1NS(=O)(=O)C1CC1c1ccc(C)cc1. The van der Waals surface area contributed by atoms with Gasteiger partial charge in [-0.25, -0.2) is 12.8 Å². The third-order valence-corrected chi connectivity index (χ3v) is 7.69. The Kier molecular flexibility index (Phi) is 5.92. The van der Waals surface area contributed by atoms with Crippen LogP contribution in [0.3, 0.4) is 0 Å². The van der Waals surface area contributed by atoms with Crippen molar-refractivity contribution in [1.82, 2.24) is 4.57 Å². The predicted octanol–water partition coefficient (Wildman–Crippen LogP) is 4.19. The molecule has 1 saturated carbocycles. The van der Waals surface area contributed by atoms with Gasteiger partial charge in [0, 0.05) is 19.0 Å². The lowest BCUT2D eigenvalue weighted by molar-refractivity contribution is 0.415. The van der Waals surface area contributed by atoms with E-state index < -0.39 is 26.6 Å². The van der Waals surface area contributed by atoms with E-state index in [1.165, 1.54) is 36.9 Å². The van der Waals surface area contributed by atoms with Crippen molar-refractivity contribution in [3.8, 4) is 5.75 Å². The molecule has 3 aromatic rings. The molecule has 1 aromatic heterocycles. The van der Waals surface area contributed by atoms with E-state index in [2.05, 4.69) is 10.0 Å². The minimum Gasteiger partial charge on any atom is -0.494 e. The highest BCUT2D eigenvalue weighted by molar-refractivity contribution is 7.93. The van der Waals surface area contributed by atoms with Crippen molar-refractivity contribution in [2.75, 3.05) is 17.1 Å². The van der Waals surface area contributed by atoms with Crippen molar-refractivity contribution < 1.29 is 17.5 Å². The van der Waals surface area contributed by atoms with Crippen LogP contribution in [-0.2, 0) is 17.1 Å². The second kappa shape index (κ2) is 8.55. The van der Waals surface area contributed by atoms with Gasteiger partial charge in [-0.2, -0.15) is 0 Å². The van der Waals surface area contributed by atoms with Gasteiger partial charge in [0.2, 0.25) is 10.0 Å². The van der Waals surface area contributed by atoms with Crippen LogP contribution >= 0.6 is 0 Å². The maximum atomic E-state index is 14.5. The molecule has 1 fully saturated rings. The molecule has 0 bridgehead atoms. The number of ether oxygens (including phenoxy) is 1. The summed E-state index contributed by atoms with van der Waals surface area (Å²) in [6, 6.07) is 13.6. The molecule has 174 valence electrons. The first-order valence-corrected chi connectivity index (χ1v) is 12.0. The van der Waals surface area contributed by atoms with Crippen molar-refractivity contribution in [3.63, 3.8) is 0 Å². The number of halogens is 1. The van der Waals surface area contributed by atoms with Crippen LogP contribution < -0.4 is 20.3 Å². The highest BCUT2D eigenvalue weighted by atomic mass is 32.2. The van der Waals surface area contributed by atoms with Crippen molar-refractivity contribution >= 4 is 27.2 Å². The number of hydrogen-bond acceptors (Lipinski definition) is 5. The molecule has 0 radical (unpaired) electrons. The van der Waals surface area contributed by atoms with E-state index >= 15 is 0 Å². The van der Waals surface area contributed by atoms with Gasteiger partial charge in [-0.1, -0.05) is 35.9 Å². The zero-order valence-corrected chi connectivity index (χ0v) is 19.7. The molecule has 0 spiro atoms. The molecule has 0 saturated heterocycles. The Balaban J connectivity index is 1.70. The van der Waals surface area contributed by atoms with Gasteiger partial charge in [-0.05, 0) is 43.5 Å². The van der Waals surface area contributed by atoms with Crippen LogP contribution in [0.5, 0.6) is 5.75 Å². The number of aromatic nitrogens is 1. The number of methoxy groups -OCH3 is 1. The number of pyridine rings is 1. The van der Waals surface area contributed by atoms with Gasteiger partial charge in [0.1, 0.15) is 17.3 Å². The molecular formula is C24H26FN3O4S. The zero-order chi connectivity index (χ0) is 23.9. The molecule has 7 nitrogen and oxygen atoms in total. The highest BCUT2D eigenvalue weighted by Gasteiger charge is 2.48. The van der Waals surface area contributed by atoms with Gasteiger partial charge in [0.25, 0.3) is 5.56 Å². The molecule has 1 aliphatic rings. The van der Waals surface area contributed by atoms with Crippen molar-refractivity contribution in [3.05, 3.63) is 81.4 Å². The lowest BCUT2D eigenvalue weighted by Crippen LogP contribution is -2.25. The fourth-order valence-corrected chi connectivity index (χ4v) is 5.51. The van der Waals surface area contributed by atoms with Crippen molar-refractivity contribution in [2.24, 2.45) is 7.05 Å². The zero-order valence-electron chi connectivity index (χ0n) is 18.8. The molecule has 0 aliphatic heterocycles. The number of nitrogens with one attached hydrogen (secondary N) is 2. The van der Waals surface area contributed by atoms with Crippen molar-refractivity contribution in [1.29, 1.82) is 0 Å². The Morgan fingerprint density at radius 1 is 1.06 bits per heavy atom. The van der Waals surface area contributed by atoms with Gasteiger partial charge >= 0.3 is 0 Å². The summed E-state index contributed by atoms with van der Waals surface area (Å²) >= 11 is 0. The van der Waals surface area contributed by atoms with Crippen LogP contribution in [0.1, 0.15) is 29.0 Å². The summed E-state index contributed by atoms with van der Waals surface area (Å²) in [7, 11) is -1.01. The number of sulfonamides is 1. The second-order valence-corrected chi connectivity index (χ2v) is 10.3. The Hall–Kier alpha value is -3.33. The molecule has 2 atom stereocenters. The fraction of sp³-hybridized carbons (Fsp3) is 0.292. The van der Waals surface area contributed by atoms with Gasteiger partial charge in [-0.3, -0.25) is 14.1 Å². The van der Waals surface area contributed by atoms with Crippen LogP contribution in [0.2, 0.25) is 0 Å². The quantitative estimate of drug-likeness (QED) is 0.539. The maximum absolute atomic E-state index is 14.5. The Morgan fingerprint density at radius 3 is 2.36 bits per heavy atom. The first kappa shape index (κ1) is 22.8. The second-order valence-electron chi connectivity index (χ2n) is 8.38. The number of nitrogens with zero attached hydrogens (tertiary/aromatic N) is 1. The molecule has 1 heterocycles. The molecule has 9 heteroatoms. The lowest BCUT2D eigenvalue weighted by Gasteiger charge is -2.20. The normalized spacial score (nSPS) is 17.5. The largest absolute Gasteiger partial charge is 0.494 e. The first-order chi connectivity index (χ1) is 15.6. The first-order valence-electron chi connectivity index (χ1n) is 10.5. The van der Waals surface area contributed by atoms with E-state index in [1.807, 2.05) is 31.2 Å². The van der Waals surface area contributed by atoms with Crippen LogP contribution in [0.25, 0.3) is 0 Å². The molecule has 0 amide bonds. The summed E-state index contributed by atoms with van der Waals surface area (Å²) in [5, 5.41) is 2.24. The average Bonchev–Trinajstić information content (AvgIpc) is 3.57. The number of anilines is 3. The third kappa shape index (κ3) is 4.59. The molecule has 4 rings (SSSR count).